The van der Waals surface area contributed by atoms with Gasteiger partial charge in [-0.2, -0.15) is 0 Å². The summed E-state index contributed by atoms with van der Waals surface area (Å²) in [4.78, 5) is 30.6. The molecule has 2 aliphatic heterocycles. The van der Waals surface area contributed by atoms with Crippen LogP contribution in [0.25, 0.3) is 6.08 Å². The average molecular weight is 601 g/mol. The zero-order valence-electron chi connectivity index (χ0n) is 25.2. The summed E-state index contributed by atoms with van der Waals surface area (Å²) in [7, 11) is 0. The zero-order valence-corrected chi connectivity index (χ0v) is 26.0. The molecule has 3 unspecified atom stereocenters. The molecule has 2 aliphatic rings. The van der Waals surface area contributed by atoms with Crippen LogP contribution < -0.4 is 10.6 Å². The minimum atomic E-state index is -0.238. The molecule has 0 aliphatic carbocycles. The van der Waals surface area contributed by atoms with Crippen molar-refractivity contribution in [3.63, 3.8) is 0 Å². The summed E-state index contributed by atoms with van der Waals surface area (Å²) in [6, 6.07) is 29.5. The minimum Gasteiger partial charge on any atom is -0.351 e. The second kappa shape index (κ2) is 17.6. The standard InChI is InChI=1S/C30H39ClN4O2.C6H6/c1-23(25-7-3-2-4-8-25)22-35-20-15-27(33-28(30(35)37)16-19-34-17-5-6-18-34)21-32-29(36)14-11-24-9-12-26(31)13-10-24;1-2-4-6-5-3-1/h2-4,7-14,23,27-28,33H,5-6,15-22H2,1H3,(H,32,36);1-6H/b14-11+;. The zero-order chi connectivity index (χ0) is 30.3. The summed E-state index contributed by atoms with van der Waals surface area (Å²) < 4.78 is 0. The summed E-state index contributed by atoms with van der Waals surface area (Å²) in [5, 5.41) is 7.29. The summed E-state index contributed by atoms with van der Waals surface area (Å²) >= 11 is 5.93. The number of benzene rings is 3. The lowest BCUT2D eigenvalue weighted by atomic mass is 10.0. The topological polar surface area (TPSA) is 64.7 Å². The Hall–Kier alpha value is -3.45. The second-order valence-corrected chi connectivity index (χ2v) is 11.9. The van der Waals surface area contributed by atoms with Crippen molar-refractivity contribution in [2.45, 2.75) is 50.6 Å². The van der Waals surface area contributed by atoms with Gasteiger partial charge in [0.25, 0.3) is 0 Å². The molecule has 228 valence electrons. The Morgan fingerprint density at radius 3 is 2.23 bits per heavy atom. The Bertz CT molecular complexity index is 1240. The lowest BCUT2D eigenvalue weighted by molar-refractivity contribution is -0.133. The van der Waals surface area contributed by atoms with Crippen LogP contribution in [0.1, 0.15) is 49.7 Å². The predicted octanol–water partition coefficient (Wildman–Crippen LogP) is 6.00. The maximum atomic E-state index is 13.6. The van der Waals surface area contributed by atoms with E-state index in [0.717, 1.165) is 38.0 Å². The van der Waals surface area contributed by atoms with Gasteiger partial charge in [0.2, 0.25) is 11.8 Å². The molecule has 3 atom stereocenters. The third-order valence-electron chi connectivity index (χ3n) is 8.08. The van der Waals surface area contributed by atoms with Crippen LogP contribution in [0.2, 0.25) is 5.02 Å². The third-order valence-corrected chi connectivity index (χ3v) is 8.33. The highest BCUT2D eigenvalue weighted by atomic mass is 35.5. The molecule has 3 aromatic carbocycles. The average Bonchev–Trinajstić information content (AvgIpc) is 3.53. The van der Waals surface area contributed by atoms with E-state index < -0.39 is 0 Å². The molecule has 0 bridgehead atoms. The fourth-order valence-corrected chi connectivity index (χ4v) is 5.71. The van der Waals surface area contributed by atoms with Gasteiger partial charge in [-0.05, 0) is 74.0 Å². The van der Waals surface area contributed by atoms with Gasteiger partial charge in [0, 0.05) is 43.3 Å². The van der Waals surface area contributed by atoms with Gasteiger partial charge in [0.15, 0.2) is 0 Å². The first-order valence-electron chi connectivity index (χ1n) is 15.5. The van der Waals surface area contributed by atoms with Gasteiger partial charge in [0.1, 0.15) is 0 Å². The highest BCUT2D eigenvalue weighted by Crippen LogP contribution is 2.20. The maximum Gasteiger partial charge on any atom is 0.244 e. The largest absolute Gasteiger partial charge is 0.351 e. The first-order chi connectivity index (χ1) is 21.0. The first kappa shape index (κ1) is 32.5. The molecule has 0 spiro atoms. The van der Waals surface area contributed by atoms with Crippen LogP contribution in [0.3, 0.4) is 0 Å². The molecule has 43 heavy (non-hydrogen) atoms. The van der Waals surface area contributed by atoms with Crippen LogP contribution in [0.15, 0.2) is 97.1 Å². The number of nitrogens with one attached hydrogen (secondary N) is 2. The lowest BCUT2D eigenvalue weighted by Crippen LogP contribution is -2.50. The van der Waals surface area contributed by atoms with E-state index in [1.54, 1.807) is 24.3 Å². The van der Waals surface area contributed by atoms with Crippen LogP contribution >= 0.6 is 11.6 Å². The highest BCUT2D eigenvalue weighted by molar-refractivity contribution is 6.30. The monoisotopic (exact) mass is 600 g/mol. The van der Waals surface area contributed by atoms with Crippen molar-refractivity contribution in [2.24, 2.45) is 0 Å². The molecule has 3 aromatic rings. The Morgan fingerprint density at radius 2 is 1.58 bits per heavy atom. The summed E-state index contributed by atoms with van der Waals surface area (Å²) in [6.45, 7) is 7.22. The lowest BCUT2D eigenvalue weighted by Gasteiger charge is -2.28. The van der Waals surface area contributed by atoms with Crippen molar-refractivity contribution in [3.05, 3.63) is 113 Å². The SMILES string of the molecule is CC(CN1CCC(CNC(=O)/C=C/c2ccc(Cl)cc2)NC(CCN2CCCC2)C1=O)c1ccccc1.c1ccccc1. The molecule has 2 fully saturated rings. The van der Waals surface area contributed by atoms with Crippen LogP contribution in [-0.2, 0) is 9.59 Å². The molecule has 0 aromatic heterocycles. The summed E-state index contributed by atoms with van der Waals surface area (Å²) in [5.41, 5.74) is 2.17. The van der Waals surface area contributed by atoms with Gasteiger partial charge in [-0.15, -0.1) is 0 Å². The van der Waals surface area contributed by atoms with Gasteiger partial charge in [-0.25, -0.2) is 0 Å². The van der Waals surface area contributed by atoms with Crippen molar-refractivity contribution < 1.29 is 9.59 Å². The molecule has 0 saturated carbocycles. The van der Waals surface area contributed by atoms with Gasteiger partial charge in [-0.1, -0.05) is 97.4 Å². The van der Waals surface area contributed by atoms with Crippen LogP contribution in [0.5, 0.6) is 0 Å². The number of amides is 2. The van der Waals surface area contributed by atoms with Crippen LogP contribution in [-0.4, -0.2) is 73.0 Å². The van der Waals surface area contributed by atoms with Crippen molar-refractivity contribution in [3.8, 4) is 0 Å². The Kier molecular flexibility index (Phi) is 13.3. The number of nitrogens with zero attached hydrogens (tertiary/aromatic N) is 2. The molecule has 7 heteroatoms. The second-order valence-electron chi connectivity index (χ2n) is 11.4. The number of carbonyl (C=O) groups is 2. The Morgan fingerprint density at radius 1 is 0.953 bits per heavy atom. The number of rotatable bonds is 10. The van der Waals surface area contributed by atoms with Gasteiger partial charge >= 0.3 is 0 Å². The molecule has 2 heterocycles. The van der Waals surface area contributed by atoms with E-state index in [1.807, 2.05) is 59.5 Å². The van der Waals surface area contributed by atoms with E-state index in [2.05, 4.69) is 46.7 Å². The predicted molar refractivity (Wildman–Crippen MR) is 177 cm³/mol. The summed E-state index contributed by atoms with van der Waals surface area (Å²) in [6.07, 6.45) is 7.39. The normalized spacial score (nSPS) is 19.9. The molecule has 6 nitrogen and oxygen atoms in total. The molecular weight excluding hydrogens is 556 g/mol. The van der Waals surface area contributed by atoms with Crippen molar-refractivity contribution >= 4 is 29.5 Å². The van der Waals surface area contributed by atoms with Crippen molar-refractivity contribution in [2.75, 3.05) is 39.3 Å². The van der Waals surface area contributed by atoms with E-state index in [-0.39, 0.29) is 29.8 Å². The van der Waals surface area contributed by atoms with E-state index >= 15 is 0 Å². The number of halogens is 1. The van der Waals surface area contributed by atoms with Crippen molar-refractivity contribution in [1.29, 1.82) is 0 Å². The Balaban J connectivity index is 0.000000628. The number of likely N-dealkylation sites (tertiary alicyclic amines) is 1. The van der Waals surface area contributed by atoms with Gasteiger partial charge in [-0.3, -0.25) is 9.59 Å². The van der Waals surface area contributed by atoms with Crippen LogP contribution in [0.4, 0.5) is 0 Å². The fourth-order valence-electron chi connectivity index (χ4n) is 5.58. The van der Waals surface area contributed by atoms with Gasteiger partial charge < -0.3 is 20.4 Å². The molecule has 5 rings (SSSR count). The summed E-state index contributed by atoms with van der Waals surface area (Å²) in [5.74, 6) is 0.299. The maximum absolute atomic E-state index is 13.6. The van der Waals surface area contributed by atoms with E-state index in [9.17, 15) is 9.59 Å². The van der Waals surface area contributed by atoms with E-state index in [4.69, 9.17) is 11.6 Å². The molecule has 0 radical (unpaired) electrons. The van der Waals surface area contributed by atoms with E-state index in [0.29, 0.717) is 24.7 Å². The smallest absolute Gasteiger partial charge is 0.244 e. The number of hydrogen-bond donors (Lipinski definition) is 2. The molecule has 2 N–H and O–H groups in total. The van der Waals surface area contributed by atoms with Crippen molar-refractivity contribution in [1.82, 2.24) is 20.4 Å². The highest BCUT2D eigenvalue weighted by Gasteiger charge is 2.32. The minimum absolute atomic E-state index is 0.0393. The third kappa shape index (κ3) is 11.3. The van der Waals surface area contributed by atoms with E-state index in [1.165, 1.54) is 18.4 Å². The fraction of sp³-hybridized carbons (Fsp3) is 0.389. The number of hydrogen-bond acceptors (Lipinski definition) is 4. The quantitative estimate of drug-likeness (QED) is 0.280. The Labute approximate surface area is 262 Å². The molecule has 2 amide bonds. The van der Waals surface area contributed by atoms with Gasteiger partial charge in [0.05, 0.1) is 6.04 Å². The molecular formula is C36H45ClN4O2. The first-order valence-corrected chi connectivity index (χ1v) is 15.9. The molecule has 2 saturated heterocycles. The number of carbonyl (C=O) groups excluding carboxylic acids is 2. The van der Waals surface area contributed by atoms with Crippen LogP contribution in [0, 0.1) is 0 Å².